The minimum absolute atomic E-state index is 0.00401. The zero-order valence-corrected chi connectivity index (χ0v) is 16.0. The van der Waals surface area contributed by atoms with E-state index in [-0.39, 0.29) is 18.0 Å². The van der Waals surface area contributed by atoms with Gasteiger partial charge in [0.1, 0.15) is 31.2 Å². The van der Waals surface area contributed by atoms with Crippen LogP contribution in [0.1, 0.15) is 34.7 Å². The lowest BCUT2D eigenvalue weighted by Gasteiger charge is -2.16. The molecular weight excluding hydrogens is 360 g/mol. The highest BCUT2D eigenvalue weighted by molar-refractivity contribution is 6.06. The van der Waals surface area contributed by atoms with Crippen molar-refractivity contribution < 1.29 is 9.47 Å². The fourth-order valence-corrected chi connectivity index (χ4v) is 3.83. The van der Waals surface area contributed by atoms with Crippen molar-refractivity contribution in [3.63, 3.8) is 0 Å². The molecule has 0 amide bonds. The summed E-state index contributed by atoms with van der Waals surface area (Å²) in [5, 5.41) is 0. The van der Waals surface area contributed by atoms with E-state index in [1.54, 1.807) is 0 Å². The Morgan fingerprint density at radius 2 is 1.00 bits per heavy atom. The first kappa shape index (κ1) is 17.7. The molecule has 4 nitrogen and oxygen atoms in total. The fourth-order valence-electron chi connectivity index (χ4n) is 3.83. The van der Waals surface area contributed by atoms with Gasteiger partial charge in [-0.1, -0.05) is 91.0 Å². The van der Waals surface area contributed by atoms with Crippen molar-refractivity contribution in [2.24, 2.45) is 9.98 Å². The van der Waals surface area contributed by atoms with Gasteiger partial charge in [-0.25, -0.2) is 9.98 Å². The summed E-state index contributed by atoms with van der Waals surface area (Å²) in [5.41, 5.74) is 3.39. The fraction of sp³-hybridized carbons (Fsp3) is 0.200. The van der Waals surface area contributed by atoms with Gasteiger partial charge in [0.25, 0.3) is 0 Å². The van der Waals surface area contributed by atoms with Crippen LogP contribution in [0, 0.1) is 0 Å². The van der Waals surface area contributed by atoms with Crippen LogP contribution in [0.5, 0.6) is 0 Å². The molecule has 2 heterocycles. The van der Waals surface area contributed by atoms with Gasteiger partial charge in [0, 0.05) is 0 Å². The van der Waals surface area contributed by atoms with E-state index >= 15 is 0 Å². The maximum atomic E-state index is 6.08. The quantitative estimate of drug-likeness (QED) is 0.615. The van der Waals surface area contributed by atoms with Gasteiger partial charge in [-0.05, 0) is 16.7 Å². The Kier molecular flexibility index (Phi) is 4.83. The lowest BCUT2D eigenvalue weighted by molar-refractivity contribution is 0.294. The van der Waals surface area contributed by atoms with Gasteiger partial charge in [-0.15, -0.1) is 0 Å². The molecule has 4 heteroatoms. The first-order valence-electron chi connectivity index (χ1n) is 9.94. The number of nitrogens with zero attached hydrogens (tertiary/aromatic N) is 2. The normalized spacial score (nSPS) is 21.7. The summed E-state index contributed by atoms with van der Waals surface area (Å²) in [7, 11) is 0. The van der Waals surface area contributed by atoms with Gasteiger partial charge in [-0.3, -0.25) is 0 Å². The molecule has 0 N–H and O–H groups in total. The summed E-state index contributed by atoms with van der Waals surface area (Å²) >= 11 is 0. The van der Waals surface area contributed by atoms with Gasteiger partial charge in [0.2, 0.25) is 11.8 Å². The number of hydrogen-bond donors (Lipinski definition) is 0. The molecule has 2 aliphatic rings. The summed E-state index contributed by atoms with van der Waals surface area (Å²) in [6.45, 7) is 1.08. The molecule has 3 aromatic rings. The second-order valence-corrected chi connectivity index (χ2v) is 7.25. The average molecular weight is 382 g/mol. The maximum absolute atomic E-state index is 6.08. The van der Waals surface area contributed by atoms with Crippen LogP contribution in [0.4, 0.5) is 0 Å². The van der Waals surface area contributed by atoms with E-state index in [1.165, 1.54) is 0 Å². The number of aliphatic imine (C=N–C) groups is 2. The predicted molar refractivity (Wildman–Crippen MR) is 114 cm³/mol. The smallest absolute Gasteiger partial charge is 0.201 e. The molecule has 0 saturated carbocycles. The first-order chi connectivity index (χ1) is 14.4. The lowest BCUT2D eigenvalue weighted by atomic mass is 9.98. The Hall–Kier alpha value is -3.40. The largest absolute Gasteiger partial charge is 0.478 e. The highest BCUT2D eigenvalue weighted by Gasteiger charge is 2.36. The molecule has 0 aromatic heterocycles. The third-order valence-corrected chi connectivity index (χ3v) is 5.34. The molecule has 29 heavy (non-hydrogen) atoms. The Balaban J connectivity index is 1.49. The molecule has 0 bridgehead atoms. The lowest BCUT2D eigenvalue weighted by Crippen LogP contribution is -2.22. The van der Waals surface area contributed by atoms with Crippen molar-refractivity contribution >= 4 is 11.8 Å². The summed E-state index contributed by atoms with van der Waals surface area (Å²) in [6, 6.07) is 30.7. The third-order valence-electron chi connectivity index (χ3n) is 5.34. The number of hydrogen-bond acceptors (Lipinski definition) is 4. The van der Waals surface area contributed by atoms with E-state index < -0.39 is 0 Å². The second-order valence-electron chi connectivity index (χ2n) is 7.25. The topological polar surface area (TPSA) is 43.2 Å². The zero-order valence-electron chi connectivity index (χ0n) is 16.0. The molecule has 144 valence electrons. The maximum Gasteiger partial charge on any atom is 0.201 e. The Labute approximate surface area is 170 Å². The predicted octanol–water partition coefficient (Wildman–Crippen LogP) is 5.11. The Morgan fingerprint density at radius 3 is 1.45 bits per heavy atom. The van der Waals surface area contributed by atoms with E-state index in [4.69, 9.17) is 19.5 Å². The molecule has 5 rings (SSSR count). The molecule has 2 aliphatic heterocycles. The second kappa shape index (κ2) is 7.92. The van der Waals surface area contributed by atoms with Crippen molar-refractivity contribution in [3.05, 3.63) is 108 Å². The first-order valence-corrected chi connectivity index (χ1v) is 9.94. The SMILES string of the molecule is c1ccc(C2COC(C(C3=NC(c4ccccc4)CO3)c3ccccc3)=N2)cc1. The van der Waals surface area contributed by atoms with E-state index in [2.05, 4.69) is 36.4 Å². The molecular formula is C25H22N2O2. The van der Waals surface area contributed by atoms with Gasteiger partial charge in [0.15, 0.2) is 0 Å². The molecule has 0 saturated heterocycles. The number of rotatable bonds is 5. The minimum atomic E-state index is -0.223. The highest BCUT2D eigenvalue weighted by Crippen LogP contribution is 2.34. The van der Waals surface area contributed by atoms with Gasteiger partial charge in [0.05, 0.1) is 0 Å². The van der Waals surface area contributed by atoms with Gasteiger partial charge in [-0.2, -0.15) is 0 Å². The van der Waals surface area contributed by atoms with Crippen molar-refractivity contribution in [3.8, 4) is 0 Å². The van der Waals surface area contributed by atoms with Crippen molar-refractivity contribution in [1.29, 1.82) is 0 Å². The zero-order chi connectivity index (χ0) is 19.5. The Morgan fingerprint density at radius 1 is 0.586 bits per heavy atom. The standard InChI is InChI=1S/C25H22N2O2/c1-4-10-18(11-5-1)21-16-28-24(26-21)23(20-14-8-3-9-15-20)25-27-22(17-29-25)19-12-6-2-7-13-19/h1-15,21-23H,16-17H2. The van der Waals surface area contributed by atoms with Crippen molar-refractivity contribution in [1.82, 2.24) is 0 Å². The summed E-state index contributed by atoms with van der Waals surface area (Å²) in [5.74, 6) is 1.13. The number of benzene rings is 3. The van der Waals surface area contributed by atoms with E-state index in [0.717, 1.165) is 16.7 Å². The summed E-state index contributed by atoms with van der Waals surface area (Å²) in [6.07, 6.45) is 0. The minimum Gasteiger partial charge on any atom is -0.478 e. The van der Waals surface area contributed by atoms with Crippen molar-refractivity contribution in [2.75, 3.05) is 13.2 Å². The van der Waals surface area contributed by atoms with Crippen LogP contribution in [0.3, 0.4) is 0 Å². The number of ether oxygens (including phenoxy) is 2. The molecule has 0 aliphatic carbocycles. The monoisotopic (exact) mass is 382 g/mol. The van der Waals surface area contributed by atoms with Crippen molar-refractivity contribution in [2.45, 2.75) is 18.0 Å². The molecule has 0 spiro atoms. The van der Waals surface area contributed by atoms with Crippen LogP contribution in [0.15, 0.2) is 101 Å². The van der Waals surface area contributed by atoms with Crippen LogP contribution in [-0.2, 0) is 9.47 Å². The average Bonchev–Trinajstić information content (AvgIpc) is 3.47. The molecule has 0 fully saturated rings. The molecule has 3 aromatic carbocycles. The van der Waals surface area contributed by atoms with Crippen LogP contribution in [0.25, 0.3) is 0 Å². The van der Waals surface area contributed by atoms with Crippen LogP contribution in [0.2, 0.25) is 0 Å². The van der Waals surface area contributed by atoms with Gasteiger partial charge < -0.3 is 9.47 Å². The highest BCUT2D eigenvalue weighted by atomic mass is 16.5. The van der Waals surface area contributed by atoms with E-state index in [0.29, 0.717) is 25.0 Å². The summed E-state index contributed by atoms with van der Waals surface area (Å²) in [4.78, 5) is 9.82. The Bertz CT molecular complexity index is 951. The molecule has 2 unspecified atom stereocenters. The van der Waals surface area contributed by atoms with Crippen LogP contribution in [-0.4, -0.2) is 25.0 Å². The van der Waals surface area contributed by atoms with Gasteiger partial charge >= 0.3 is 0 Å². The third kappa shape index (κ3) is 3.66. The van der Waals surface area contributed by atoms with Crippen LogP contribution >= 0.6 is 0 Å². The summed E-state index contributed by atoms with van der Waals surface area (Å²) < 4.78 is 12.2. The molecule has 0 radical (unpaired) electrons. The van der Waals surface area contributed by atoms with Crippen LogP contribution < -0.4 is 0 Å². The van der Waals surface area contributed by atoms with E-state index in [9.17, 15) is 0 Å². The molecule has 2 atom stereocenters. The van der Waals surface area contributed by atoms with E-state index in [1.807, 2.05) is 54.6 Å².